The van der Waals surface area contributed by atoms with Crippen molar-refractivity contribution < 1.29 is 14.3 Å². The fourth-order valence-electron chi connectivity index (χ4n) is 3.01. The first kappa shape index (κ1) is 16.5. The molecule has 0 atom stereocenters. The van der Waals surface area contributed by atoms with Crippen molar-refractivity contribution >= 4 is 28.5 Å². The summed E-state index contributed by atoms with van der Waals surface area (Å²) in [6.45, 7) is 2.09. The Labute approximate surface area is 155 Å². The molecule has 2 aromatic heterocycles. The van der Waals surface area contributed by atoms with Crippen LogP contribution in [0.3, 0.4) is 0 Å². The van der Waals surface area contributed by atoms with Crippen molar-refractivity contribution in [1.82, 2.24) is 4.98 Å². The van der Waals surface area contributed by atoms with E-state index in [9.17, 15) is 4.79 Å². The number of carbonyl (C=O) groups is 1. The molecule has 5 heteroatoms. The van der Waals surface area contributed by atoms with E-state index in [4.69, 9.17) is 21.1 Å². The van der Waals surface area contributed by atoms with Crippen molar-refractivity contribution in [3.63, 3.8) is 0 Å². The molecule has 0 unspecified atom stereocenters. The predicted molar refractivity (Wildman–Crippen MR) is 103 cm³/mol. The van der Waals surface area contributed by atoms with Gasteiger partial charge in [-0.1, -0.05) is 30.7 Å². The highest BCUT2D eigenvalue weighted by molar-refractivity contribution is 6.35. The lowest BCUT2D eigenvalue weighted by molar-refractivity contribution is 0.0697. The first-order chi connectivity index (χ1) is 12.5. The number of nitrogens with one attached hydrogen (secondary N) is 1. The Balaban J connectivity index is 1.70. The number of rotatable bonds is 4. The Bertz CT molecular complexity index is 1110. The molecule has 0 spiro atoms. The first-order valence-corrected chi connectivity index (χ1v) is 8.68. The van der Waals surface area contributed by atoms with Gasteiger partial charge >= 0.3 is 5.97 Å². The standard InChI is InChI=1S/C21H16ClNO3/c1-2-12-9-15-11-19(26-20(15)16(22)10-12)18-8-7-17(23-18)13-3-5-14(6-4-13)21(24)25/h3-11,23H,2H2,1H3,(H,24,25). The topological polar surface area (TPSA) is 66.2 Å². The van der Waals surface area contributed by atoms with Gasteiger partial charge in [0.15, 0.2) is 11.3 Å². The summed E-state index contributed by atoms with van der Waals surface area (Å²) in [7, 11) is 0. The van der Waals surface area contributed by atoms with Gasteiger partial charge in [0, 0.05) is 11.1 Å². The van der Waals surface area contributed by atoms with Crippen LogP contribution in [0.15, 0.2) is 59.0 Å². The van der Waals surface area contributed by atoms with Gasteiger partial charge in [-0.15, -0.1) is 0 Å². The number of aryl methyl sites for hydroxylation is 1. The monoisotopic (exact) mass is 365 g/mol. The molecule has 0 bridgehead atoms. The number of carboxylic acids is 1. The van der Waals surface area contributed by atoms with Crippen molar-refractivity contribution in [1.29, 1.82) is 0 Å². The van der Waals surface area contributed by atoms with Gasteiger partial charge in [0.2, 0.25) is 0 Å². The smallest absolute Gasteiger partial charge is 0.335 e. The SMILES string of the molecule is CCc1cc(Cl)c2oc(-c3ccc(-c4ccc(C(=O)O)cc4)[nH]3)cc2c1. The second-order valence-electron chi connectivity index (χ2n) is 6.13. The lowest BCUT2D eigenvalue weighted by atomic mass is 10.1. The number of fused-ring (bicyclic) bond motifs is 1. The van der Waals surface area contributed by atoms with E-state index in [1.807, 2.05) is 24.3 Å². The molecule has 2 heterocycles. The number of benzene rings is 2. The molecule has 130 valence electrons. The number of hydrogen-bond donors (Lipinski definition) is 2. The number of aromatic amines is 1. The second kappa shape index (κ2) is 6.39. The summed E-state index contributed by atoms with van der Waals surface area (Å²) in [4.78, 5) is 14.3. The molecule has 2 aromatic carbocycles. The number of aromatic carboxylic acids is 1. The van der Waals surface area contributed by atoms with Crippen LogP contribution in [0.25, 0.3) is 33.7 Å². The number of carboxylic acid groups (broad SMARTS) is 1. The average Bonchev–Trinajstić information content (AvgIpc) is 3.28. The van der Waals surface area contributed by atoms with Gasteiger partial charge in [-0.25, -0.2) is 4.79 Å². The zero-order valence-corrected chi connectivity index (χ0v) is 14.8. The third-order valence-corrected chi connectivity index (χ3v) is 4.71. The van der Waals surface area contributed by atoms with Crippen molar-refractivity contribution in [3.8, 4) is 22.7 Å². The van der Waals surface area contributed by atoms with Crippen molar-refractivity contribution in [2.75, 3.05) is 0 Å². The molecule has 0 aliphatic rings. The van der Waals surface area contributed by atoms with Gasteiger partial charge in [-0.05, 0) is 60.0 Å². The van der Waals surface area contributed by atoms with Crippen LogP contribution < -0.4 is 0 Å². The molecule has 0 saturated carbocycles. The zero-order valence-electron chi connectivity index (χ0n) is 14.0. The van der Waals surface area contributed by atoms with E-state index in [1.54, 1.807) is 24.3 Å². The lowest BCUT2D eigenvalue weighted by Crippen LogP contribution is -1.94. The third kappa shape index (κ3) is 2.89. The molecule has 4 rings (SSSR count). The predicted octanol–water partition coefficient (Wildman–Crippen LogP) is 6.01. The zero-order chi connectivity index (χ0) is 18.3. The molecule has 4 nitrogen and oxygen atoms in total. The van der Waals surface area contributed by atoms with Crippen LogP contribution >= 0.6 is 11.6 Å². The summed E-state index contributed by atoms with van der Waals surface area (Å²) < 4.78 is 5.94. The van der Waals surface area contributed by atoms with E-state index in [-0.39, 0.29) is 5.56 Å². The Morgan fingerprint density at radius 2 is 1.81 bits per heavy atom. The molecular weight excluding hydrogens is 350 g/mol. The van der Waals surface area contributed by atoms with Gasteiger partial charge in [-0.3, -0.25) is 0 Å². The number of H-pyrrole nitrogens is 1. The maximum atomic E-state index is 11.0. The number of hydrogen-bond acceptors (Lipinski definition) is 2. The van der Waals surface area contributed by atoms with Gasteiger partial charge in [0.05, 0.1) is 16.3 Å². The Morgan fingerprint density at radius 3 is 2.50 bits per heavy atom. The van der Waals surface area contributed by atoms with Crippen LogP contribution in [0.2, 0.25) is 5.02 Å². The van der Waals surface area contributed by atoms with Crippen LogP contribution in [0.5, 0.6) is 0 Å². The van der Waals surface area contributed by atoms with Gasteiger partial charge < -0.3 is 14.5 Å². The molecule has 4 aromatic rings. The summed E-state index contributed by atoms with van der Waals surface area (Å²) in [5.41, 5.74) is 4.74. The molecule has 0 radical (unpaired) electrons. The van der Waals surface area contributed by atoms with Crippen LogP contribution in [0.4, 0.5) is 0 Å². The van der Waals surface area contributed by atoms with Crippen molar-refractivity contribution in [2.45, 2.75) is 13.3 Å². The Hall–Kier alpha value is -2.98. The van der Waals surface area contributed by atoms with E-state index in [1.165, 1.54) is 5.56 Å². The van der Waals surface area contributed by atoms with Gasteiger partial charge in [0.1, 0.15) is 0 Å². The second-order valence-corrected chi connectivity index (χ2v) is 6.54. The minimum absolute atomic E-state index is 0.263. The lowest BCUT2D eigenvalue weighted by Gasteiger charge is -1.99. The van der Waals surface area contributed by atoms with E-state index in [0.29, 0.717) is 16.4 Å². The van der Waals surface area contributed by atoms with Crippen LogP contribution in [-0.2, 0) is 6.42 Å². The number of aromatic nitrogens is 1. The van der Waals surface area contributed by atoms with Crippen LogP contribution in [0.1, 0.15) is 22.8 Å². The van der Waals surface area contributed by atoms with E-state index >= 15 is 0 Å². The highest BCUT2D eigenvalue weighted by Gasteiger charge is 2.12. The molecular formula is C21H16ClNO3. The highest BCUT2D eigenvalue weighted by atomic mass is 35.5. The largest absolute Gasteiger partial charge is 0.478 e. The minimum atomic E-state index is -0.936. The molecule has 0 aliphatic carbocycles. The van der Waals surface area contributed by atoms with E-state index < -0.39 is 5.97 Å². The third-order valence-electron chi connectivity index (χ3n) is 4.43. The maximum absolute atomic E-state index is 11.0. The summed E-state index contributed by atoms with van der Waals surface area (Å²) in [5, 5.41) is 10.6. The quantitative estimate of drug-likeness (QED) is 0.465. The summed E-state index contributed by atoms with van der Waals surface area (Å²) in [5.74, 6) is -0.224. The van der Waals surface area contributed by atoms with Crippen molar-refractivity contribution in [3.05, 3.63) is 70.7 Å². The van der Waals surface area contributed by atoms with Gasteiger partial charge in [0.25, 0.3) is 0 Å². The summed E-state index contributed by atoms with van der Waals surface area (Å²) in [6, 6.07) is 16.6. The van der Waals surface area contributed by atoms with Crippen LogP contribution in [0, 0.1) is 0 Å². The minimum Gasteiger partial charge on any atom is -0.478 e. The summed E-state index contributed by atoms with van der Waals surface area (Å²) in [6.07, 6.45) is 0.912. The van der Waals surface area contributed by atoms with Crippen LogP contribution in [-0.4, -0.2) is 16.1 Å². The first-order valence-electron chi connectivity index (χ1n) is 8.30. The number of halogens is 1. The maximum Gasteiger partial charge on any atom is 0.335 e. The average molecular weight is 366 g/mol. The number of furan rings is 1. The molecule has 0 aliphatic heterocycles. The molecule has 0 saturated heterocycles. The Kier molecular flexibility index (Phi) is 4.05. The fourth-order valence-corrected chi connectivity index (χ4v) is 3.29. The van der Waals surface area contributed by atoms with E-state index in [0.717, 1.165) is 28.8 Å². The molecule has 0 amide bonds. The molecule has 0 fully saturated rings. The normalized spacial score (nSPS) is 11.2. The van der Waals surface area contributed by atoms with Gasteiger partial charge in [-0.2, -0.15) is 0 Å². The Morgan fingerprint density at radius 1 is 1.08 bits per heavy atom. The van der Waals surface area contributed by atoms with E-state index in [2.05, 4.69) is 18.0 Å². The molecule has 26 heavy (non-hydrogen) atoms. The van der Waals surface area contributed by atoms with Crippen molar-refractivity contribution in [2.24, 2.45) is 0 Å². The summed E-state index contributed by atoms with van der Waals surface area (Å²) >= 11 is 6.33. The molecule has 2 N–H and O–H groups in total. The highest BCUT2D eigenvalue weighted by Crippen LogP contribution is 2.34. The fraction of sp³-hybridized carbons (Fsp3) is 0.0952.